The fraction of sp³-hybridized carbons (Fsp3) is 0.0769. The first-order valence-electron chi connectivity index (χ1n) is 5.98. The van der Waals surface area contributed by atoms with E-state index in [0.717, 1.165) is 6.20 Å². The lowest BCUT2D eigenvalue weighted by molar-refractivity contribution is -0.137. The van der Waals surface area contributed by atoms with Crippen LogP contribution in [0.3, 0.4) is 0 Å². The molecule has 0 fully saturated rings. The van der Waals surface area contributed by atoms with E-state index in [1.54, 1.807) is 5.32 Å². The topological polar surface area (TPSA) is 110 Å². The van der Waals surface area contributed by atoms with Gasteiger partial charge in [-0.05, 0) is 36.6 Å². The van der Waals surface area contributed by atoms with Crippen LogP contribution in [0.4, 0.5) is 22.4 Å². The normalized spacial score (nSPS) is 12.3. The van der Waals surface area contributed by atoms with Crippen molar-refractivity contribution >= 4 is 11.9 Å². The van der Waals surface area contributed by atoms with E-state index in [2.05, 4.69) is 0 Å². The highest BCUT2D eigenvalue weighted by atomic mass is 19.4. The average molecular weight is 332 g/mol. The van der Waals surface area contributed by atoms with Crippen LogP contribution < -0.4 is 22.1 Å². The van der Waals surface area contributed by atoms with Gasteiger partial charge in [0.2, 0.25) is 0 Å². The number of hydrogen-bond acceptors (Lipinski definition) is 4. The summed E-state index contributed by atoms with van der Waals surface area (Å²) in [4.78, 5) is 23.1. The van der Waals surface area contributed by atoms with Gasteiger partial charge in [-0.25, -0.2) is 9.18 Å². The summed E-state index contributed by atoms with van der Waals surface area (Å²) in [6, 6.07) is 0.217. The Bertz CT molecular complexity index is 668. The molecule has 0 radical (unpaired) electrons. The van der Waals surface area contributed by atoms with Crippen molar-refractivity contribution in [3.63, 3.8) is 0 Å². The van der Waals surface area contributed by atoms with E-state index in [-0.39, 0.29) is 11.9 Å². The predicted octanol–water partition coefficient (Wildman–Crippen LogP) is 1.56. The van der Waals surface area contributed by atoms with Crippen LogP contribution in [-0.4, -0.2) is 11.9 Å². The second-order valence-corrected chi connectivity index (χ2v) is 4.11. The SMILES string of the molecule is N/C=C\C=C(/N)NC(=O)NC(=O)c1ccc(C(F)(F)F)cc1F. The van der Waals surface area contributed by atoms with E-state index < -0.39 is 35.1 Å². The second-order valence-electron chi connectivity index (χ2n) is 4.11. The quantitative estimate of drug-likeness (QED) is 0.497. The lowest BCUT2D eigenvalue weighted by atomic mass is 10.1. The molecule has 0 saturated carbocycles. The molecule has 0 aliphatic rings. The Balaban J connectivity index is 2.81. The molecule has 6 N–H and O–H groups in total. The number of carbonyl (C=O) groups is 2. The lowest BCUT2D eigenvalue weighted by Gasteiger charge is -2.10. The summed E-state index contributed by atoms with van der Waals surface area (Å²) < 4.78 is 50.7. The van der Waals surface area contributed by atoms with E-state index in [4.69, 9.17) is 11.5 Å². The smallest absolute Gasteiger partial charge is 0.405 e. The molecule has 3 amide bonds. The Morgan fingerprint density at radius 3 is 2.35 bits per heavy atom. The largest absolute Gasteiger partial charge is 0.416 e. The molecule has 0 atom stereocenters. The van der Waals surface area contributed by atoms with Gasteiger partial charge in [0.15, 0.2) is 0 Å². The Hall–Kier alpha value is -3.04. The molecule has 10 heteroatoms. The molecule has 0 heterocycles. The summed E-state index contributed by atoms with van der Waals surface area (Å²) in [7, 11) is 0. The number of nitrogens with one attached hydrogen (secondary N) is 2. The van der Waals surface area contributed by atoms with Crippen LogP contribution in [0.1, 0.15) is 15.9 Å². The van der Waals surface area contributed by atoms with Crippen molar-refractivity contribution in [3.05, 3.63) is 59.3 Å². The van der Waals surface area contributed by atoms with Gasteiger partial charge in [-0.1, -0.05) is 0 Å². The minimum absolute atomic E-state index is 0.160. The third-order valence-corrected chi connectivity index (χ3v) is 2.41. The Morgan fingerprint density at radius 1 is 1.17 bits per heavy atom. The molecule has 124 valence electrons. The number of carbonyl (C=O) groups excluding carboxylic acids is 2. The number of alkyl halides is 3. The summed E-state index contributed by atoms with van der Waals surface area (Å²) in [6.07, 6.45) is -1.10. The van der Waals surface area contributed by atoms with Crippen molar-refractivity contribution in [3.8, 4) is 0 Å². The number of halogens is 4. The summed E-state index contributed by atoms with van der Waals surface area (Å²) in [5.74, 6) is -2.81. The third kappa shape index (κ3) is 5.34. The minimum Gasteiger partial charge on any atom is -0.405 e. The number of hydrogen-bond donors (Lipinski definition) is 4. The van der Waals surface area contributed by atoms with Gasteiger partial charge in [-0.3, -0.25) is 15.4 Å². The highest BCUT2D eigenvalue weighted by molar-refractivity contribution is 6.04. The van der Waals surface area contributed by atoms with Crippen LogP contribution in [0, 0.1) is 5.82 Å². The maximum absolute atomic E-state index is 13.6. The average Bonchev–Trinajstić information content (AvgIpc) is 2.43. The summed E-state index contributed by atoms with van der Waals surface area (Å²) >= 11 is 0. The van der Waals surface area contributed by atoms with E-state index in [0.29, 0.717) is 12.1 Å². The molecular formula is C13H12F4N4O2. The molecule has 1 aromatic rings. The van der Waals surface area contributed by atoms with Crippen LogP contribution >= 0.6 is 0 Å². The molecule has 0 aliphatic carbocycles. The first-order valence-corrected chi connectivity index (χ1v) is 5.98. The molecule has 1 rings (SSSR count). The fourth-order valence-electron chi connectivity index (χ4n) is 1.41. The van der Waals surface area contributed by atoms with E-state index in [1.165, 1.54) is 12.2 Å². The number of amides is 3. The van der Waals surface area contributed by atoms with Crippen LogP contribution in [-0.2, 0) is 6.18 Å². The molecule has 0 bridgehead atoms. The number of allylic oxidation sites excluding steroid dienone is 2. The molecule has 0 unspecified atom stereocenters. The Morgan fingerprint density at radius 2 is 1.83 bits per heavy atom. The van der Waals surface area contributed by atoms with E-state index in [9.17, 15) is 27.2 Å². The van der Waals surface area contributed by atoms with Gasteiger partial charge in [-0.2, -0.15) is 13.2 Å². The predicted molar refractivity (Wildman–Crippen MR) is 73.0 cm³/mol. The number of imide groups is 1. The van der Waals surface area contributed by atoms with Gasteiger partial charge in [0.1, 0.15) is 11.6 Å². The van der Waals surface area contributed by atoms with Gasteiger partial charge in [0.25, 0.3) is 5.91 Å². The third-order valence-electron chi connectivity index (χ3n) is 2.41. The number of rotatable bonds is 3. The number of benzene rings is 1. The van der Waals surface area contributed by atoms with Crippen LogP contribution in [0.5, 0.6) is 0 Å². The summed E-state index contributed by atoms with van der Waals surface area (Å²) in [5.41, 5.74) is 8.41. The monoisotopic (exact) mass is 332 g/mol. The van der Waals surface area contributed by atoms with Gasteiger partial charge < -0.3 is 11.5 Å². The van der Waals surface area contributed by atoms with Crippen molar-refractivity contribution in [1.82, 2.24) is 10.6 Å². The molecule has 6 nitrogen and oxygen atoms in total. The minimum atomic E-state index is -4.75. The van der Waals surface area contributed by atoms with Gasteiger partial charge in [0.05, 0.1) is 11.1 Å². The first kappa shape index (κ1) is 18.0. The van der Waals surface area contributed by atoms with Crippen molar-refractivity contribution in [1.29, 1.82) is 0 Å². The van der Waals surface area contributed by atoms with Crippen molar-refractivity contribution in [2.24, 2.45) is 11.5 Å². The van der Waals surface area contributed by atoms with Gasteiger partial charge >= 0.3 is 12.2 Å². The van der Waals surface area contributed by atoms with E-state index in [1.807, 2.05) is 5.32 Å². The van der Waals surface area contributed by atoms with Gasteiger partial charge in [-0.15, -0.1) is 0 Å². The standard InChI is InChI=1S/C13H12F4N4O2/c14-9-6-7(13(15,16)17)3-4-8(9)11(22)21-12(23)20-10(19)2-1-5-18/h1-6H,18-19H2,(H2,20,21,22,23)/b5-1-,10-2+. The molecule has 1 aromatic carbocycles. The highest BCUT2D eigenvalue weighted by Gasteiger charge is 2.31. The van der Waals surface area contributed by atoms with E-state index >= 15 is 0 Å². The van der Waals surface area contributed by atoms with Crippen molar-refractivity contribution in [2.75, 3.05) is 0 Å². The fourth-order valence-corrected chi connectivity index (χ4v) is 1.41. The molecule has 0 aliphatic heterocycles. The van der Waals surface area contributed by atoms with Crippen molar-refractivity contribution < 1.29 is 27.2 Å². The number of nitrogens with two attached hydrogens (primary N) is 2. The zero-order valence-electron chi connectivity index (χ0n) is 11.4. The summed E-state index contributed by atoms with van der Waals surface area (Å²) in [6.45, 7) is 0. The maximum Gasteiger partial charge on any atom is 0.416 e. The second kappa shape index (κ2) is 7.29. The molecule has 0 spiro atoms. The Kier molecular flexibility index (Phi) is 5.71. The molecule has 23 heavy (non-hydrogen) atoms. The number of urea groups is 1. The zero-order valence-corrected chi connectivity index (χ0v) is 11.4. The highest BCUT2D eigenvalue weighted by Crippen LogP contribution is 2.30. The van der Waals surface area contributed by atoms with Crippen LogP contribution in [0.15, 0.2) is 42.4 Å². The van der Waals surface area contributed by atoms with Crippen molar-refractivity contribution in [2.45, 2.75) is 6.18 Å². The maximum atomic E-state index is 13.6. The van der Waals surface area contributed by atoms with Gasteiger partial charge in [0, 0.05) is 0 Å². The summed E-state index contributed by atoms with van der Waals surface area (Å²) in [5, 5.41) is 3.75. The lowest BCUT2D eigenvalue weighted by Crippen LogP contribution is -2.41. The van der Waals surface area contributed by atoms with Crippen LogP contribution in [0.25, 0.3) is 0 Å². The van der Waals surface area contributed by atoms with Crippen LogP contribution in [0.2, 0.25) is 0 Å². The molecule has 0 saturated heterocycles. The zero-order chi connectivity index (χ0) is 17.6. The molecule has 0 aromatic heterocycles. The first-order chi connectivity index (χ1) is 10.6. The molecular weight excluding hydrogens is 320 g/mol. The Labute approximate surface area is 127 Å².